The summed E-state index contributed by atoms with van der Waals surface area (Å²) in [6, 6.07) is 6.11. The molecule has 1 aliphatic heterocycles. The molecule has 3 rings (SSSR count). The first kappa shape index (κ1) is 18.2. The summed E-state index contributed by atoms with van der Waals surface area (Å²) in [5.74, 6) is 1.56. The molecule has 1 saturated heterocycles. The maximum Gasteiger partial charge on any atom is 0.132 e. The average molecular weight is 362 g/mol. The Kier molecular flexibility index (Phi) is 5.32. The minimum Gasteiger partial charge on any atom is -0.497 e. The summed E-state index contributed by atoms with van der Waals surface area (Å²) in [6.45, 7) is 7.40. The van der Waals surface area contributed by atoms with E-state index >= 15 is 0 Å². The van der Waals surface area contributed by atoms with Crippen LogP contribution >= 0.6 is 11.3 Å². The molecule has 1 aromatic heterocycles. The van der Waals surface area contributed by atoms with E-state index < -0.39 is 0 Å². The number of hydrogen-bond acceptors (Lipinski definition) is 6. The van der Waals surface area contributed by atoms with Gasteiger partial charge in [0.2, 0.25) is 0 Å². The van der Waals surface area contributed by atoms with Crippen LogP contribution < -0.4 is 15.2 Å². The Bertz CT molecular complexity index is 729. The van der Waals surface area contributed by atoms with Crippen LogP contribution in [-0.2, 0) is 6.54 Å². The number of ether oxygens (including phenoxy) is 2. The van der Waals surface area contributed by atoms with E-state index in [1.165, 1.54) is 0 Å². The first-order valence-electron chi connectivity index (χ1n) is 8.57. The number of nitrogens with two attached hydrogens (primary N) is 1. The minimum absolute atomic E-state index is 0.149. The van der Waals surface area contributed by atoms with Gasteiger partial charge >= 0.3 is 0 Å². The largest absolute Gasteiger partial charge is 0.497 e. The standard InChI is InChI=1S/C19H27N3O2S/c1-19(2)12-22(8-7-17(19)20)10-13-11-25-18(21-13)15-6-5-14(23-3)9-16(15)24-4/h5-6,9,11,17H,7-8,10,12,20H2,1-4H3. The lowest BCUT2D eigenvalue weighted by Gasteiger charge is -2.42. The molecule has 5 nitrogen and oxygen atoms in total. The van der Waals surface area contributed by atoms with Gasteiger partial charge in [0.25, 0.3) is 0 Å². The molecule has 2 N–H and O–H groups in total. The van der Waals surface area contributed by atoms with Crippen molar-refractivity contribution in [3.05, 3.63) is 29.3 Å². The van der Waals surface area contributed by atoms with Crippen molar-refractivity contribution in [2.75, 3.05) is 27.3 Å². The van der Waals surface area contributed by atoms with Crippen molar-refractivity contribution in [3.8, 4) is 22.1 Å². The molecule has 0 saturated carbocycles. The molecular weight excluding hydrogens is 334 g/mol. The second kappa shape index (κ2) is 7.32. The van der Waals surface area contributed by atoms with Crippen molar-refractivity contribution >= 4 is 11.3 Å². The third-order valence-electron chi connectivity index (χ3n) is 4.97. The Labute approximate surface area is 153 Å². The zero-order valence-corrected chi connectivity index (χ0v) is 16.2. The summed E-state index contributed by atoms with van der Waals surface area (Å²) in [7, 11) is 3.33. The van der Waals surface area contributed by atoms with E-state index in [2.05, 4.69) is 24.1 Å². The van der Waals surface area contributed by atoms with Crippen molar-refractivity contribution in [3.63, 3.8) is 0 Å². The quantitative estimate of drug-likeness (QED) is 0.884. The predicted octanol–water partition coefficient (Wildman–Crippen LogP) is 3.39. The molecule has 1 aliphatic rings. The molecule has 1 unspecified atom stereocenters. The van der Waals surface area contributed by atoms with E-state index in [-0.39, 0.29) is 11.5 Å². The van der Waals surface area contributed by atoms with Crippen LogP contribution in [0.1, 0.15) is 26.0 Å². The van der Waals surface area contributed by atoms with Crippen LogP contribution in [0.15, 0.2) is 23.6 Å². The number of hydrogen-bond donors (Lipinski definition) is 1. The van der Waals surface area contributed by atoms with Crippen LogP contribution in [0.2, 0.25) is 0 Å². The Morgan fingerprint density at radius 1 is 1.32 bits per heavy atom. The first-order valence-corrected chi connectivity index (χ1v) is 9.45. The molecule has 6 heteroatoms. The van der Waals surface area contributed by atoms with Crippen LogP contribution in [0.3, 0.4) is 0 Å². The summed E-state index contributed by atoms with van der Waals surface area (Å²) in [5.41, 5.74) is 8.49. The fraction of sp³-hybridized carbons (Fsp3) is 0.526. The molecule has 1 atom stereocenters. The van der Waals surface area contributed by atoms with Crippen molar-refractivity contribution in [1.29, 1.82) is 0 Å². The summed E-state index contributed by atoms with van der Waals surface area (Å²) >= 11 is 1.65. The number of piperidine rings is 1. The van der Waals surface area contributed by atoms with Gasteiger partial charge < -0.3 is 15.2 Å². The SMILES string of the molecule is COc1ccc(-c2nc(CN3CCC(N)C(C)(C)C3)cs2)c(OC)c1. The van der Waals surface area contributed by atoms with Gasteiger partial charge in [-0.25, -0.2) is 4.98 Å². The van der Waals surface area contributed by atoms with Crippen LogP contribution in [0.5, 0.6) is 11.5 Å². The summed E-state index contributed by atoms with van der Waals surface area (Å²) in [5, 5.41) is 3.11. The van der Waals surface area contributed by atoms with Gasteiger partial charge in [-0.2, -0.15) is 0 Å². The Morgan fingerprint density at radius 3 is 2.80 bits per heavy atom. The highest BCUT2D eigenvalue weighted by molar-refractivity contribution is 7.13. The van der Waals surface area contributed by atoms with Crippen molar-refractivity contribution < 1.29 is 9.47 Å². The Balaban J connectivity index is 1.75. The lowest BCUT2D eigenvalue weighted by Crippen LogP contribution is -2.52. The van der Waals surface area contributed by atoms with Gasteiger partial charge in [0.15, 0.2) is 0 Å². The smallest absolute Gasteiger partial charge is 0.132 e. The van der Waals surface area contributed by atoms with Gasteiger partial charge in [-0.05, 0) is 24.0 Å². The fourth-order valence-electron chi connectivity index (χ4n) is 3.33. The van der Waals surface area contributed by atoms with Gasteiger partial charge in [0.1, 0.15) is 16.5 Å². The number of methoxy groups -OCH3 is 2. The molecule has 0 radical (unpaired) electrons. The van der Waals surface area contributed by atoms with Crippen molar-refractivity contribution in [2.24, 2.45) is 11.1 Å². The maximum atomic E-state index is 6.24. The zero-order valence-electron chi connectivity index (χ0n) is 15.4. The summed E-state index contributed by atoms with van der Waals surface area (Å²) in [6.07, 6.45) is 1.04. The fourth-order valence-corrected chi connectivity index (χ4v) is 4.17. The topological polar surface area (TPSA) is 60.6 Å². The van der Waals surface area contributed by atoms with E-state index in [1.807, 2.05) is 18.2 Å². The highest BCUT2D eigenvalue weighted by atomic mass is 32.1. The van der Waals surface area contributed by atoms with Crippen LogP contribution in [0.25, 0.3) is 10.6 Å². The minimum atomic E-state index is 0.149. The number of rotatable bonds is 5. The zero-order chi connectivity index (χ0) is 18.0. The van der Waals surface area contributed by atoms with Crippen LogP contribution in [0, 0.1) is 5.41 Å². The molecule has 2 heterocycles. The lowest BCUT2D eigenvalue weighted by molar-refractivity contribution is 0.0891. The van der Waals surface area contributed by atoms with Crippen molar-refractivity contribution in [1.82, 2.24) is 9.88 Å². The third kappa shape index (κ3) is 3.97. The highest BCUT2D eigenvalue weighted by Gasteiger charge is 2.33. The van der Waals surface area contributed by atoms with Gasteiger partial charge in [0.05, 0.1) is 25.5 Å². The number of benzene rings is 1. The van der Waals surface area contributed by atoms with E-state index in [9.17, 15) is 0 Å². The van der Waals surface area contributed by atoms with E-state index in [0.717, 1.165) is 53.8 Å². The molecule has 2 aromatic rings. The van der Waals surface area contributed by atoms with Gasteiger partial charge in [-0.3, -0.25) is 4.90 Å². The second-order valence-corrected chi connectivity index (χ2v) is 8.16. The van der Waals surface area contributed by atoms with E-state index in [0.29, 0.717) is 0 Å². The Morgan fingerprint density at radius 2 is 2.12 bits per heavy atom. The molecule has 25 heavy (non-hydrogen) atoms. The van der Waals surface area contributed by atoms with Gasteiger partial charge in [-0.1, -0.05) is 13.8 Å². The van der Waals surface area contributed by atoms with Crippen LogP contribution in [0.4, 0.5) is 0 Å². The first-order chi connectivity index (χ1) is 11.9. The van der Waals surface area contributed by atoms with E-state index in [4.69, 9.17) is 20.2 Å². The second-order valence-electron chi connectivity index (χ2n) is 7.30. The molecule has 0 amide bonds. The van der Waals surface area contributed by atoms with Gasteiger partial charge in [-0.15, -0.1) is 11.3 Å². The van der Waals surface area contributed by atoms with Crippen molar-refractivity contribution in [2.45, 2.75) is 32.9 Å². The average Bonchev–Trinajstić information content (AvgIpc) is 3.05. The number of nitrogens with zero attached hydrogens (tertiary/aromatic N) is 2. The summed E-state index contributed by atoms with van der Waals surface area (Å²) < 4.78 is 10.8. The van der Waals surface area contributed by atoms with E-state index in [1.54, 1.807) is 25.6 Å². The monoisotopic (exact) mass is 361 g/mol. The maximum absolute atomic E-state index is 6.24. The molecule has 0 spiro atoms. The van der Waals surface area contributed by atoms with Crippen LogP contribution in [-0.4, -0.2) is 43.2 Å². The predicted molar refractivity (Wildman–Crippen MR) is 102 cm³/mol. The molecular formula is C19H27N3O2S. The normalized spacial score (nSPS) is 20.4. The molecule has 1 fully saturated rings. The summed E-state index contributed by atoms with van der Waals surface area (Å²) in [4.78, 5) is 7.28. The molecule has 0 aliphatic carbocycles. The highest BCUT2D eigenvalue weighted by Crippen LogP contribution is 2.35. The number of aromatic nitrogens is 1. The molecule has 1 aromatic carbocycles. The Hall–Kier alpha value is -1.63. The number of thiazole rings is 1. The third-order valence-corrected chi connectivity index (χ3v) is 5.89. The number of likely N-dealkylation sites (tertiary alicyclic amines) is 1. The molecule has 136 valence electrons. The lowest BCUT2D eigenvalue weighted by atomic mass is 9.80. The van der Waals surface area contributed by atoms with Gasteiger partial charge in [0, 0.05) is 37.1 Å². The molecule has 0 bridgehead atoms.